The molecule has 8 heteroatoms. The van der Waals surface area contributed by atoms with Crippen LogP contribution in [0.15, 0.2) is 34.2 Å². The van der Waals surface area contributed by atoms with Crippen LogP contribution in [0.5, 0.6) is 0 Å². The number of aromatic nitrogens is 2. The molecule has 7 nitrogen and oxygen atoms in total. The zero-order chi connectivity index (χ0) is 20.5. The number of para-hydroxylation sites is 1. The Morgan fingerprint density at radius 3 is 2.64 bits per heavy atom. The van der Waals surface area contributed by atoms with E-state index in [0.29, 0.717) is 29.1 Å². The smallest absolute Gasteiger partial charge is 0.321 e. The highest BCUT2D eigenvalue weighted by atomic mass is 32.2. The molecule has 2 rings (SSSR count). The summed E-state index contributed by atoms with van der Waals surface area (Å²) in [5.41, 5.74) is 0.511. The van der Waals surface area contributed by atoms with Crippen LogP contribution < -0.4 is 16.2 Å². The predicted molar refractivity (Wildman–Crippen MR) is 113 cm³/mol. The number of carbonyl (C=O) groups excluding carboxylic acids is 2. The van der Waals surface area contributed by atoms with Gasteiger partial charge < -0.3 is 5.32 Å². The maximum absolute atomic E-state index is 13.0. The number of imide groups is 1. The Labute approximate surface area is 169 Å². The second kappa shape index (κ2) is 10.8. The van der Waals surface area contributed by atoms with Gasteiger partial charge in [0.25, 0.3) is 5.56 Å². The predicted octanol–water partition coefficient (Wildman–Crippen LogP) is 3.30. The number of hydrogen-bond acceptors (Lipinski definition) is 5. The molecule has 0 spiro atoms. The van der Waals surface area contributed by atoms with Gasteiger partial charge in [-0.2, -0.15) is 0 Å². The summed E-state index contributed by atoms with van der Waals surface area (Å²) in [6, 6.07) is 6.69. The standard InChI is InChI=1S/C20H28N4O3S/c1-4-6-7-10-13-24-18(26)15-11-8-9-12-16(15)22-20(24)28-14(3)17(25)23-19(27)21-5-2/h8-9,11-12,14H,4-7,10,13H2,1-3H3,(H2,21,23,25,27)/t14-/m0/s1. The maximum atomic E-state index is 13.0. The van der Waals surface area contributed by atoms with Crippen molar-refractivity contribution in [3.05, 3.63) is 34.6 Å². The average Bonchev–Trinajstić information content (AvgIpc) is 2.67. The fourth-order valence-electron chi connectivity index (χ4n) is 2.76. The zero-order valence-electron chi connectivity index (χ0n) is 16.7. The van der Waals surface area contributed by atoms with E-state index in [4.69, 9.17) is 0 Å². The van der Waals surface area contributed by atoms with Crippen molar-refractivity contribution >= 4 is 34.6 Å². The Morgan fingerprint density at radius 2 is 1.93 bits per heavy atom. The van der Waals surface area contributed by atoms with Crippen molar-refractivity contribution in [1.82, 2.24) is 20.2 Å². The van der Waals surface area contributed by atoms with Crippen LogP contribution in [-0.4, -0.2) is 33.3 Å². The second-order valence-corrected chi connectivity index (χ2v) is 7.85. The van der Waals surface area contributed by atoms with Crippen molar-refractivity contribution in [2.75, 3.05) is 6.54 Å². The number of nitrogens with zero attached hydrogens (tertiary/aromatic N) is 2. The van der Waals surface area contributed by atoms with Crippen LogP contribution in [0.2, 0.25) is 0 Å². The Balaban J connectivity index is 2.26. The van der Waals surface area contributed by atoms with Crippen molar-refractivity contribution in [2.24, 2.45) is 0 Å². The number of benzene rings is 1. The number of nitrogens with one attached hydrogen (secondary N) is 2. The van der Waals surface area contributed by atoms with Crippen LogP contribution in [0.3, 0.4) is 0 Å². The van der Waals surface area contributed by atoms with Gasteiger partial charge in [0.1, 0.15) is 0 Å². The molecule has 0 saturated heterocycles. The molecule has 1 atom stereocenters. The number of amides is 3. The van der Waals surface area contributed by atoms with E-state index in [1.165, 1.54) is 11.8 Å². The minimum Gasteiger partial charge on any atom is -0.338 e. The lowest BCUT2D eigenvalue weighted by Gasteiger charge is -2.16. The number of carbonyl (C=O) groups is 2. The summed E-state index contributed by atoms with van der Waals surface area (Å²) >= 11 is 1.19. The fraction of sp³-hybridized carbons (Fsp3) is 0.500. The summed E-state index contributed by atoms with van der Waals surface area (Å²) < 4.78 is 1.65. The molecule has 0 bridgehead atoms. The van der Waals surface area contributed by atoms with Crippen LogP contribution in [0.4, 0.5) is 4.79 Å². The van der Waals surface area contributed by atoms with Crippen molar-refractivity contribution in [3.63, 3.8) is 0 Å². The molecule has 0 aliphatic carbocycles. The second-order valence-electron chi connectivity index (χ2n) is 6.54. The van der Waals surface area contributed by atoms with Gasteiger partial charge in [0.15, 0.2) is 5.16 Å². The Bertz CT molecular complexity index is 881. The van der Waals surface area contributed by atoms with Crippen molar-refractivity contribution in [2.45, 2.75) is 63.4 Å². The molecule has 0 aliphatic heterocycles. The van der Waals surface area contributed by atoms with Gasteiger partial charge in [0, 0.05) is 13.1 Å². The van der Waals surface area contributed by atoms with Crippen LogP contribution in [0.25, 0.3) is 10.9 Å². The summed E-state index contributed by atoms with van der Waals surface area (Å²) in [6.07, 6.45) is 4.14. The first-order valence-electron chi connectivity index (χ1n) is 9.72. The number of thioether (sulfide) groups is 1. The van der Waals surface area contributed by atoms with Gasteiger partial charge in [-0.05, 0) is 32.4 Å². The van der Waals surface area contributed by atoms with E-state index in [9.17, 15) is 14.4 Å². The normalized spacial score (nSPS) is 12.0. The minimum absolute atomic E-state index is 0.0964. The van der Waals surface area contributed by atoms with E-state index < -0.39 is 17.2 Å². The molecule has 0 aliphatic rings. The molecular weight excluding hydrogens is 376 g/mol. The largest absolute Gasteiger partial charge is 0.338 e. The summed E-state index contributed by atoms with van der Waals surface area (Å²) in [5.74, 6) is -0.420. The molecule has 1 aromatic heterocycles. The first-order valence-corrected chi connectivity index (χ1v) is 10.6. The van der Waals surface area contributed by atoms with Gasteiger partial charge in [-0.3, -0.25) is 19.5 Å². The van der Waals surface area contributed by atoms with E-state index in [0.717, 1.165) is 25.7 Å². The molecule has 3 amide bonds. The topological polar surface area (TPSA) is 93.1 Å². The third-order valence-corrected chi connectivity index (χ3v) is 5.38. The molecule has 0 radical (unpaired) electrons. The number of fused-ring (bicyclic) bond motifs is 1. The zero-order valence-corrected chi connectivity index (χ0v) is 17.5. The molecule has 0 saturated carbocycles. The van der Waals surface area contributed by atoms with E-state index in [-0.39, 0.29) is 5.56 Å². The third kappa shape index (κ3) is 5.82. The minimum atomic E-state index is -0.572. The van der Waals surface area contributed by atoms with Crippen molar-refractivity contribution < 1.29 is 9.59 Å². The lowest BCUT2D eigenvalue weighted by molar-refractivity contribution is -0.119. The summed E-state index contributed by atoms with van der Waals surface area (Å²) in [6.45, 7) is 6.61. The van der Waals surface area contributed by atoms with Crippen LogP contribution in [0.1, 0.15) is 46.5 Å². The number of urea groups is 1. The Kier molecular flexibility index (Phi) is 8.50. The first kappa shape index (κ1) is 21.9. The lowest BCUT2D eigenvalue weighted by Crippen LogP contribution is -2.42. The number of rotatable bonds is 9. The van der Waals surface area contributed by atoms with Gasteiger partial charge in [-0.1, -0.05) is 50.1 Å². The first-order chi connectivity index (χ1) is 13.5. The van der Waals surface area contributed by atoms with Crippen molar-refractivity contribution in [1.29, 1.82) is 0 Å². The van der Waals surface area contributed by atoms with E-state index in [1.807, 2.05) is 12.1 Å². The van der Waals surface area contributed by atoms with E-state index in [1.54, 1.807) is 30.5 Å². The molecule has 1 aromatic carbocycles. The number of unbranched alkanes of at least 4 members (excludes halogenated alkanes) is 3. The Morgan fingerprint density at radius 1 is 1.18 bits per heavy atom. The molecule has 28 heavy (non-hydrogen) atoms. The highest BCUT2D eigenvalue weighted by molar-refractivity contribution is 8.00. The van der Waals surface area contributed by atoms with Gasteiger partial charge in [0.05, 0.1) is 16.2 Å². The average molecular weight is 405 g/mol. The molecule has 2 aromatic rings. The van der Waals surface area contributed by atoms with Crippen LogP contribution in [0, 0.1) is 0 Å². The van der Waals surface area contributed by atoms with Gasteiger partial charge in [-0.15, -0.1) is 0 Å². The molecule has 152 valence electrons. The molecule has 0 unspecified atom stereocenters. The summed E-state index contributed by atoms with van der Waals surface area (Å²) in [4.78, 5) is 41.5. The summed E-state index contributed by atoms with van der Waals surface area (Å²) in [5, 5.41) is 5.33. The van der Waals surface area contributed by atoms with E-state index >= 15 is 0 Å². The fourth-order valence-corrected chi connectivity index (χ4v) is 3.70. The van der Waals surface area contributed by atoms with E-state index in [2.05, 4.69) is 22.5 Å². The van der Waals surface area contributed by atoms with Gasteiger partial charge in [0.2, 0.25) is 5.91 Å². The quantitative estimate of drug-likeness (QED) is 0.380. The monoisotopic (exact) mass is 404 g/mol. The highest BCUT2D eigenvalue weighted by Crippen LogP contribution is 2.23. The molecule has 1 heterocycles. The molecule has 2 N–H and O–H groups in total. The van der Waals surface area contributed by atoms with Crippen molar-refractivity contribution in [3.8, 4) is 0 Å². The van der Waals surface area contributed by atoms with Gasteiger partial charge >= 0.3 is 6.03 Å². The molecule has 0 fully saturated rings. The third-order valence-electron chi connectivity index (χ3n) is 4.29. The maximum Gasteiger partial charge on any atom is 0.321 e. The van der Waals surface area contributed by atoms with Gasteiger partial charge in [-0.25, -0.2) is 9.78 Å². The Hall–Kier alpha value is -2.35. The number of hydrogen-bond donors (Lipinski definition) is 2. The highest BCUT2D eigenvalue weighted by Gasteiger charge is 2.20. The van der Waals surface area contributed by atoms with Crippen LogP contribution in [-0.2, 0) is 11.3 Å². The SMILES string of the molecule is CCCCCCn1c(S[C@@H](C)C(=O)NC(=O)NCC)nc2ccccc2c1=O. The summed E-state index contributed by atoms with van der Waals surface area (Å²) in [7, 11) is 0. The molecular formula is C20H28N4O3S. The lowest BCUT2D eigenvalue weighted by atomic mass is 10.2. The van der Waals surface area contributed by atoms with Crippen LogP contribution >= 0.6 is 11.8 Å².